The molecular weight excluding hydrogens is 262 g/mol. The number of carboxylic acid groups (broad SMARTS) is 1. The van der Waals surface area contributed by atoms with E-state index in [9.17, 15) is 4.79 Å². The Labute approximate surface area is 117 Å². The first kappa shape index (κ1) is 14.4. The van der Waals surface area contributed by atoms with Crippen molar-refractivity contribution in [2.24, 2.45) is 0 Å². The highest BCUT2D eigenvalue weighted by Gasteiger charge is 2.17. The van der Waals surface area contributed by atoms with Crippen LogP contribution >= 0.6 is 11.8 Å². The van der Waals surface area contributed by atoms with Crippen molar-refractivity contribution in [1.82, 2.24) is 4.90 Å². The van der Waals surface area contributed by atoms with Gasteiger partial charge in [-0.25, -0.2) is 0 Å². The smallest absolute Gasteiger partial charge is 0.307 e. The van der Waals surface area contributed by atoms with E-state index in [0.29, 0.717) is 0 Å². The summed E-state index contributed by atoms with van der Waals surface area (Å²) in [6.45, 7) is 2.79. The van der Waals surface area contributed by atoms with Crippen LogP contribution in [0.2, 0.25) is 0 Å². The first-order chi connectivity index (χ1) is 9.13. The van der Waals surface area contributed by atoms with E-state index in [1.165, 1.54) is 0 Å². The molecule has 1 N–H and O–H groups in total. The highest BCUT2D eigenvalue weighted by molar-refractivity contribution is 7.99. The van der Waals surface area contributed by atoms with E-state index >= 15 is 0 Å². The van der Waals surface area contributed by atoms with Crippen LogP contribution in [0.25, 0.3) is 0 Å². The van der Waals surface area contributed by atoms with Gasteiger partial charge in [0, 0.05) is 23.7 Å². The number of hydrogen-bond acceptors (Lipinski definition) is 4. The zero-order valence-corrected chi connectivity index (χ0v) is 11.9. The number of likely N-dealkylation sites (N-methyl/N-ethyl adjacent to an activating group) is 1. The molecule has 1 heterocycles. The van der Waals surface area contributed by atoms with Crippen LogP contribution in [0.3, 0.4) is 0 Å². The van der Waals surface area contributed by atoms with Gasteiger partial charge in [0.2, 0.25) is 0 Å². The molecule has 1 aromatic carbocycles. The average molecular weight is 281 g/mol. The molecule has 1 saturated heterocycles. The standard InChI is InChI=1S/C14H19NO3S/c1-15-6-7-18-12(9-15)10-19-13-4-2-11(3-5-13)8-14(16)17/h2-5,12H,6-10H2,1H3,(H,16,17). The van der Waals surface area contributed by atoms with Crippen molar-refractivity contribution in [3.8, 4) is 0 Å². The SMILES string of the molecule is CN1CCOC(CSc2ccc(CC(=O)O)cc2)C1. The fraction of sp³-hybridized carbons (Fsp3) is 0.500. The molecule has 1 atom stereocenters. The summed E-state index contributed by atoms with van der Waals surface area (Å²) in [5, 5.41) is 8.71. The van der Waals surface area contributed by atoms with Gasteiger partial charge in [-0.05, 0) is 24.7 Å². The molecule has 1 aliphatic rings. The van der Waals surface area contributed by atoms with Gasteiger partial charge in [0.25, 0.3) is 0 Å². The lowest BCUT2D eigenvalue weighted by molar-refractivity contribution is -0.136. The molecule has 0 spiro atoms. The first-order valence-corrected chi connectivity index (χ1v) is 7.36. The number of benzene rings is 1. The molecule has 19 heavy (non-hydrogen) atoms. The van der Waals surface area contributed by atoms with Crippen LogP contribution in [0.5, 0.6) is 0 Å². The monoisotopic (exact) mass is 281 g/mol. The number of aliphatic carboxylic acids is 1. The maximum Gasteiger partial charge on any atom is 0.307 e. The molecule has 5 heteroatoms. The van der Waals surface area contributed by atoms with E-state index in [1.54, 1.807) is 11.8 Å². The molecule has 4 nitrogen and oxygen atoms in total. The Bertz CT molecular complexity index is 421. The molecule has 0 bridgehead atoms. The number of nitrogens with zero attached hydrogens (tertiary/aromatic N) is 1. The van der Waals surface area contributed by atoms with Crippen molar-refractivity contribution in [1.29, 1.82) is 0 Å². The molecule has 0 amide bonds. The van der Waals surface area contributed by atoms with E-state index in [0.717, 1.165) is 35.9 Å². The lowest BCUT2D eigenvalue weighted by Crippen LogP contribution is -2.41. The number of ether oxygens (including phenoxy) is 1. The molecule has 1 fully saturated rings. The normalized spacial score (nSPS) is 20.4. The van der Waals surface area contributed by atoms with Crippen LogP contribution < -0.4 is 0 Å². The second kappa shape index (κ2) is 6.93. The van der Waals surface area contributed by atoms with E-state index in [4.69, 9.17) is 9.84 Å². The topological polar surface area (TPSA) is 49.8 Å². The van der Waals surface area contributed by atoms with Gasteiger partial charge in [-0.3, -0.25) is 4.79 Å². The van der Waals surface area contributed by atoms with Crippen LogP contribution in [0.4, 0.5) is 0 Å². The molecule has 1 unspecified atom stereocenters. The lowest BCUT2D eigenvalue weighted by Gasteiger charge is -2.29. The van der Waals surface area contributed by atoms with Gasteiger partial charge >= 0.3 is 5.97 Å². The Hall–Kier alpha value is -1.04. The molecular formula is C14H19NO3S. The summed E-state index contributed by atoms with van der Waals surface area (Å²) in [5.74, 6) is 0.141. The molecule has 0 aromatic heterocycles. The maximum absolute atomic E-state index is 10.6. The van der Waals surface area contributed by atoms with Crippen molar-refractivity contribution >= 4 is 17.7 Å². The minimum atomic E-state index is -0.793. The fourth-order valence-corrected chi connectivity index (χ4v) is 2.94. The van der Waals surface area contributed by atoms with Crippen molar-refractivity contribution in [2.75, 3.05) is 32.5 Å². The number of morpholine rings is 1. The number of carboxylic acids is 1. The van der Waals surface area contributed by atoms with Gasteiger partial charge in [-0.15, -0.1) is 11.8 Å². The minimum Gasteiger partial charge on any atom is -0.481 e. The second-order valence-corrected chi connectivity index (χ2v) is 5.87. The fourth-order valence-electron chi connectivity index (χ4n) is 2.03. The van der Waals surface area contributed by atoms with Gasteiger partial charge in [-0.2, -0.15) is 0 Å². The van der Waals surface area contributed by atoms with Crippen LogP contribution in [-0.2, 0) is 16.0 Å². The highest BCUT2D eigenvalue weighted by Crippen LogP contribution is 2.21. The van der Waals surface area contributed by atoms with E-state index < -0.39 is 5.97 Å². The van der Waals surface area contributed by atoms with Crippen LogP contribution in [-0.4, -0.2) is 54.6 Å². The van der Waals surface area contributed by atoms with Gasteiger partial charge < -0.3 is 14.7 Å². The molecule has 2 rings (SSSR count). The summed E-state index contributed by atoms with van der Waals surface area (Å²) < 4.78 is 5.71. The molecule has 104 valence electrons. The summed E-state index contributed by atoms with van der Waals surface area (Å²) in [7, 11) is 2.11. The maximum atomic E-state index is 10.6. The van der Waals surface area contributed by atoms with Crippen LogP contribution in [0.15, 0.2) is 29.2 Å². The number of carbonyl (C=O) groups is 1. The van der Waals surface area contributed by atoms with Crippen molar-refractivity contribution in [3.05, 3.63) is 29.8 Å². The molecule has 0 aliphatic carbocycles. The third-order valence-corrected chi connectivity index (χ3v) is 4.20. The summed E-state index contributed by atoms with van der Waals surface area (Å²) in [6, 6.07) is 7.72. The summed E-state index contributed by atoms with van der Waals surface area (Å²) in [6.07, 6.45) is 0.365. The van der Waals surface area contributed by atoms with E-state index in [-0.39, 0.29) is 12.5 Å². The predicted octanol–water partition coefficient (Wildman–Crippen LogP) is 1.74. The van der Waals surface area contributed by atoms with E-state index in [1.807, 2.05) is 24.3 Å². The van der Waals surface area contributed by atoms with Crippen molar-refractivity contribution < 1.29 is 14.6 Å². The van der Waals surface area contributed by atoms with Gasteiger partial charge in [0.15, 0.2) is 0 Å². The van der Waals surface area contributed by atoms with Crippen molar-refractivity contribution in [2.45, 2.75) is 17.4 Å². The molecule has 1 aliphatic heterocycles. The summed E-state index contributed by atoms with van der Waals surface area (Å²) >= 11 is 1.76. The van der Waals surface area contributed by atoms with Crippen LogP contribution in [0.1, 0.15) is 5.56 Å². The second-order valence-electron chi connectivity index (χ2n) is 4.78. The Morgan fingerprint density at radius 1 is 1.47 bits per heavy atom. The third kappa shape index (κ3) is 4.86. The summed E-state index contributed by atoms with van der Waals surface area (Å²) in [5.41, 5.74) is 0.838. The lowest BCUT2D eigenvalue weighted by atomic mass is 10.2. The third-order valence-electron chi connectivity index (χ3n) is 3.06. The van der Waals surface area contributed by atoms with Gasteiger partial charge in [0.1, 0.15) is 0 Å². The largest absolute Gasteiger partial charge is 0.481 e. The Morgan fingerprint density at radius 2 is 2.21 bits per heavy atom. The zero-order chi connectivity index (χ0) is 13.7. The number of thioether (sulfide) groups is 1. The minimum absolute atomic E-state index is 0.0848. The van der Waals surface area contributed by atoms with Crippen LogP contribution in [0, 0.1) is 0 Å². The predicted molar refractivity (Wildman–Crippen MR) is 75.7 cm³/mol. The number of hydrogen-bond donors (Lipinski definition) is 1. The Morgan fingerprint density at radius 3 is 2.84 bits per heavy atom. The average Bonchev–Trinajstić information content (AvgIpc) is 2.37. The Balaban J connectivity index is 1.81. The highest BCUT2D eigenvalue weighted by atomic mass is 32.2. The molecule has 1 aromatic rings. The van der Waals surface area contributed by atoms with Crippen molar-refractivity contribution in [3.63, 3.8) is 0 Å². The quantitative estimate of drug-likeness (QED) is 0.833. The molecule has 0 radical (unpaired) electrons. The molecule has 0 saturated carbocycles. The zero-order valence-electron chi connectivity index (χ0n) is 11.0. The first-order valence-electron chi connectivity index (χ1n) is 6.37. The summed E-state index contributed by atoms with van der Waals surface area (Å²) in [4.78, 5) is 14.0. The van der Waals surface area contributed by atoms with Gasteiger partial charge in [0.05, 0.1) is 19.1 Å². The van der Waals surface area contributed by atoms with E-state index in [2.05, 4.69) is 11.9 Å². The Kier molecular flexibility index (Phi) is 5.24. The number of rotatable bonds is 5. The van der Waals surface area contributed by atoms with Gasteiger partial charge in [-0.1, -0.05) is 12.1 Å².